The van der Waals surface area contributed by atoms with E-state index < -0.39 is 10.2 Å². The molecule has 3 rings (SSSR count). The molecule has 0 radical (unpaired) electrons. The van der Waals surface area contributed by atoms with Gasteiger partial charge in [-0.3, -0.25) is 0 Å². The Hall–Kier alpha value is -0.170. The van der Waals surface area contributed by atoms with Crippen molar-refractivity contribution in [3.8, 4) is 0 Å². The second-order valence-electron chi connectivity index (χ2n) is 6.99. The number of hydrogen-bond donors (Lipinski definition) is 1. The van der Waals surface area contributed by atoms with Crippen molar-refractivity contribution in [1.82, 2.24) is 13.9 Å². The molecule has 0 aromatic rings. The molecule has 2 aliphatic heterocycles. The van der Waals surface area contributed by atoms with Crippen molar-refractivity contribution in [1.29, 1.82) is 0 Å². The van der Waals surface area contributed by atoms with Crippen LogP contribution in [0.3, 0.4) is 0 Å². The predicted molar refractivity (Wildman–Crippen MR) is 84.3 cm³/mol. The Kier molecular flexibility index (Phi) is 4.88. The van der Waals surface area contributed by atoms with Crippen molar-refractivity contribution in [3.63, 3.8) is 0 Å². The highest BCUT2D eigenvalue weighted by Gasteiger charge is 2.36. The van der Waals surface area contributed by atoms with E-state index in [1.165, 1.54) is 12.8 Å². The highest BCUT2D eigenvalue weighted by Crippen LogP contribution is 2.27. The third kappa shape index (κ3) is 3.78. The molecule has 0 bridgehead atoms. The summed E-state index contributed by atoms with van der Waals surface area (Å²) in [5.41, 5.74) is 0. The summed E-state index contributed by atoms with van der Waals surface area (Å²) in [6.45, 7) is 5.21. The standard InChI is InChI=1S/C15H29N3O2S/c1-13-4-2-3-9-18(13)21(19,20)17-10-7-14(8-11-17)12-16-15-5-6-15/h13-16H,2-12H2,1H3. The van der Waals surface area contributed by atoms with Gasteiger partial charge in [0.05, 0.1) is 0 Å². The Morgan fingerprint density at radius 2 is 1.71 bits per heavy atom. The van der Waals surface area contributed by atoms with Gasteiger partial charge in [0, 0.05) is 31.7 Å². The highest BCUT2D eigenvalue weighted by molar-refractivity contribution is 7.86. The molecule has 122 valence electrons. The lowest BCUT2D eigenvalue weighted by atomic mass is 9.98. The van der Waals surface area contributed by atoms with Crippen molar-refractivity contribution in [2.75, 3.05) is 26.2 Å². The molecule has 6 heteroatoms. The molecule has 1 N–H and O–H groups in total. The summed E-state index contributed by atoms with van der Waals surface area (Å²) in [5.74, 6) is 0.649. The van der Waals surface area contributed by atoms with Gasteiger partial charge in [-0.1, -0.05) is 6.42 Å². The van der Waals surface area contributed by atoms with E-state index in [1.807, 2.05) is 6.92 Å². The highest BCUT2D eigenvalue weighted by atomic mass is 32.2. The zero-order chi connectivity index (χ0) is 14.9. The second kappa shape index (κ2) is 6.52. The van der Waals surface area contributed by atoms with Crippen LogP contribution in [-0.4, -0.2) is 55.3 Å². The van der Waals surface area contributed by atoms with Gasteiger partial charge in [-0.05, 0) is 57.9 Å². The Labute approximate surface area is 129 Å². The topological polar surface area (TPSA) is 52.7 Å². The molecule has 0 spiro atoms. The van der Waals surface area contributed by atoms with Gasteiger partial charge in [-0.2, -0.15) is 17.0 Å². The van der Waals surface area contributed by atoms with Crippen LogP contribution in [0.25, 0.3) is 0 Å². The number of hydrogen-bond acceptors (Lipinski definition) is 3. The predicted octanol–water partition coefficient (Wildman–Crippen LogP) is 1.57. The van der Waals surface area contributed by atoms with E-state index >= 15 is 0 Å². The summed E-state index contributed by atoms with van der Waals surface area (Å²) in [7, 11) is -3.23. The lowest BCUT2D eigenvalue weighted by molar-refractivity contribution is 0.216. The monoisotopic (exact) mass is 315 g/mol. The molecule has 3 fully saturated rings. The summed E-state index contributed by atoms with van der Waals surface area (Å²) in [4.78, 5) is 0. The van der Waals surface area contributed by atoms with Crippen LogP contribution >= 0.6 is 0 Å². The van der Waals surface area contributed by atoms with Crippen molar-refractivity contribution in [2.24, 2.45) is 5.92 Å². The van der Waals surface area contributed by atoms with Gasteiger partial charge in [0.2, 0.25) is 0 Å². The average molecular weight is 315 g/mol. The number of nitrogens with one attached hydrogen (secondary N) is 1. The molecule has 1 aliphatic carbocycles. The van der Waals surface area contributed by atoms with Crippen LogP contribution in [0.5, 0.6) is 0 Å². The fraction of sp³-hybridized carbons (Fsp3) is 1.00. The first-order valence-corrected chi connectivity index (χ1v) is 9.97. The summed E-state index contributed by atoms with van der Waals surface area (Å²) in [5, 5.41) is 3.57. The molecule has 0 aromatic carbocycles. The normalized spacial score (nSPS) is 30.6. The van der Waals surface area contributed by atoms with Gasteiger partial charge in [-0.25, -0.2) is 0 Å². The Bertz CT molecular complexity index is 442. The first-order chi connectivity index (χ1) is 10.1. The van der Waals surface area contributed by atoms with Crippen molar-refractivity contribution < 1.29 is 8.42 Å². The molecule has 0 amide bonds. The van der Waals surface area contributed by atoms with Gasteiger partial charge in [0.15, 0.2) is 0 Å². The molecule has 2 saturated heterocycles. The van der Waals surface area contributed by atoms with Crippen molar-refractivity contribution >= 4 is 10.2 Å². The SMILES string of the molecule is CC1CCCCN1S(=O)(=O)N1CCC(CNC2CC2)CC1. The molecular formula is C15H29N3O2S. The van der Waals surface area contributed by atoms with E-state index in [0.29, 0.717) is 25.6 Å². The van der Waals surface area contributed by atoms with E-state index in [9.17, 15) is 8.42 Å². The van der Waals surface area contributed by atoms with Crippen molar-refractivity contribution in [3.05, 3.63) is 0 Å². The van der Waals surface area contributed by atoms with Crippen LogP contribution in [-0.2, 0) is 10.2 Å². The zero-order valence-corrected chi connectivity index (χ0v) is 13.9. The van der Waals surface area contributed by atoms with Gasteiger partial charge >= 0.3 is 0 Å². The molecule has 21 heavy (non-hydrogen) atoms. The third-order valence-electron chi connectivity index (χ3n) is 5.21. The molecule has 1 unspecified atom stereocenters. The van der Waals surface area contributed by atoms with E-state index in [1.54, 1.807) is 8.61 Å². The largest absolute Gasteiger partial charge is 0.314 e. The molecule has 2 heterocycles. The van der Waals surface area contributed by atoms with E-state index in [4.69, 9.17) is 0 Å². The van der Waals surface area contributed by atoms with Crippen LogP contribution < -0.4 is 5.32 Å². The minimum Gasteiger partial charge on any atom is -0.314 e. The molecular weight excluding hydrogens is 286 g/mol. The van der Waals surface area contributed by atoms with Crippen LogP contribution in [0, 0.1) is 5.92 Å². The van der Waals surface area contributed by atoms with Gasteiger partial charge in [-0.15, -0.1) is 0 Å². The maximum atomic E-state index is 12.8. The maximum Gasteiger partial charge on any atom is 0.282 e. The minimum atomic E-state index is -3.23. The van der Waals surface area contributed by atoms with E-state index in [2.05, 4.69) is 5.32 Å². The van der Waals surface area contributed by atoms with Crippen LogP contribution in [0.15, 0.2) is 0 Å². The molecule has 1 saturated carbocycles. The first kappa shape index (κ1) is 15.7. The fourth-order valence-corrected chi connectivity index (χ4v) is 5.42. The number of rotatable bonds is 5. The number of piperidine rings is 2. The average Bonchev–Trinajstić information content (AvgIpc) is 3.30. The fourth-order valence-electron chi connectivity index (χ4n) is 3.53. The Morgan fingerprint density at radius 1 is 1.00 bits per heavy atom. The summed E-state index contributed by atoms with van der Waals surface area (Å²) >= 11 is 0. The number of nitrogens with zero attached hydrogens (tertiary/aromatic N) is 2. The minimum absolute atomic E-state index is 0.165. The van der Waals surface area contributed by atoms with Crippen LogP contribution in [0.1, 0.15) is 51.9 Å². The first-order valence-electron chi connectivity index (χ1n) is 8.57. The quantitative estimate of drug-likeness (QED) is 0.838. The second-order valence-corrected chi connectivity index (χ2v) is 8.87. The van der Waals surface area contributed by atoms with Gasteiger partial charge < -0.3 is 5.32 Å². The molecule has 5 nitrogen and oxygen atoms in total. The van der Waals surface area contributed by atoms with E-state index in [-0.39, 0.29) is 6.04 Å². The molecule has 0 aromatic heterocycles. The van der Waals surface area contributed by atoms with Gasteiger partial charge in [0.1, 0.15) is 0 Å². The summed E-state index contributed by atoms with van der Waals surface area (Å²) in [6.07, 6.45) is 7.80. The van der Waals surface area contributed by atoms with E-state index in [0.717, 1.165) is 44.7 Å². The van der Waals surface area contributed by atoms with Gasteiger partial charge in [0.25, 0.3) is 10.2 Å². The van der Waals surface area contributed by atoms with Crippen LogP contribution in [0.4, 0.5) is 0 Å². The lowest BCUT2D eigenvalue weighted by Crippen LogP contribution is -2.52. The van der Waals surface area contributed by atoms with Crippen LogP contribution in [0.2, 0.25) is 0 Å². The zero-order valence-electron chi connectivity index (χ0n) is 13.1. The summed E-state index contributed by atoms with van der Waals surface area (Å²) in [6, 6.07) is 0.916. The van der Waals surface area contributed by atoms with Crippen molar-refractivity contribution in [2.45, 2.75) is 64.0 Å². The third-order valence-corrected chi connectivity index (χ3v) is 7.36. The smallest absolute Gasteiger partial charge is 0.282 e. The lowest BCUT2D eigenvalue weighted by Gasteiger charge is -2.39. The Morgan fingerprint density at radius 3 is 2.33 bits per heavy atom. The maximum absolute atomic E-state index is 12.8. The molecule has 3 aliphatic rings. The summed E-state index contributed by atoms with van der Waals surface area (Å²) < 4.78 is 29.0. The Balaban J connectivity index is 1.52. The molecule has 1 atom stereocenters.